The van der Waals surface area contributed by atoms with Crippen LogP contribution in [0.2, 0.25) is 5.02 Å². The van der Waals surface area contributed by atoms with E-state index < -0.39 is 0 Å². The summed E-state index contributed by atoms with van der Waals surface area (Å²) in [6.45, 7) is 0.0370. The predicted molar refractivity (Wildman–Crippen MR) is 80.7 cm³/mol. The number of halogens is 2. The highest BCUT2D eigenvalue weighted by molar-refractivity contribution is 6.30. The molecular weight excluding hydrogens is 283 g/mol. The zero-order chi connectivity index (χ0) is 13.0. The molecule has 1 aromatic carbocycles. The Morgan fingerprint density at radius 2 is 1.79 bits per heavy atom. The van der Waals surface area contributed by atoms with Gasteiger partial charge in [-0.25, -0.2) is 0 Å². The summed E-state index contributed by atoms with van der Waals surface area (Å²) in [4.78, 5) is 11.7. The van der Waals surface area contributed by atoms with Crippen LogP contribution in [0.5, 0.6) is 0 Å². The highest BCUT2D eigenvalue weighted by atomic mass is 35.5. The third kappa shape index (κ3) is 3.85. The van der Waals surface area contributed by atoms with Gasteiger partial charge in [-0.1, -0.05) is 43.0 Å². The van der Waals surface area contributed by atoms with Crippen molar-refractivity contribution >= 4 is 29.9 Å². The standard InChI is InChI=1S/C14H19ClN2O.ClH/c15-12-6-4-11(5-7-12)14(17-13(18)10-16)8-2-1-3-9-14;/h4-7H,1-3,8-10,16H2,(H,17,18);1H. The van der Waals surface area contributed by atoms with Crippen LogP contribution < -0.4 is 11.1 Å². The van der Waals surface area contributed by atoms with E-state index in [1.807, 2.05) is 24.3 Å². The molecule has 0 aromatic heterocycles. The van der Waals surface area contributed by atoms with E-state index in [4.69, 9.17) is 17.3 Å². The average Bonchev–Trinajstić information content (AvgIpc) is 2.40. The monoisotopic (exact) mass is 302 g/mol. The molecular formula is C14H20Cl2N2O. The van der Waals surface area contributed by atoms with Crippen molar-refractivity contribution < 1.29 is 4.79 Å². The highest BCUT2D eigenvalue weighted by Crippen LogP contribution is 2.37. The summed E-state index contributed by atoms with van der Waals surface area (Å²) >= 11 is 5.92. The first kappa shape index (κ1) is 16.3. The van der Waals surface area contributed by atoms with E-state index in [1.165, 1.54) is 6.42 Å². The third-order valence-corrected chi connectivity index (χ3v) is 3.92. The van der Waals surface area contributed by atoms with Crippen LogP contribution >= 0.6 is 24.0 Å². The van der Waals surface area contributed by atoms with Crippen LogP contribution in [0.15, 0.2) is 24.3 Å². The van der Waals surface area contributed by atoms with Gasteiger partial charge in [0, 0.05) is 5.02 Å². The van der Waals surface area contributed by atoms with Gasteiger partial charge in [-0.15, -0.1) is 12.4 Å². The molecule has 0 atom stereocenters. The van der Waals surface area contributed by atoms with Gasteiger partial charge >= 0.3 is 0 Å². The normalized spacial score (nSPS) is 17.4. The molecule has 0 radical (unpaired) electrons. The fourth-order valence-corrected chi connectivity index (χ4v) is 2.85. The lowest BCUT2D eigenvalue weighted by molar-refractivity contribution is -0.122. The van der Waals surface area contributed by atoms with Crippen LogP contribution in [0.4, 0.5) is 0 Å². The molecule has 0 heterocycles. The van der Waals surface area contributed by atoms with E-state index in [2.05, 4.69) is 5.32 Å². The molecule has 0 bridgehead atoms. The molecule has 19 heavy (non-hydrogen) atoms. The van der Waals surface area contributed by atoms with E-state index in [-0.39, 0.29) is 30.4 Å². The predicted octanol–water partition coefficient (Wildman–Crippen LogP) is 3.00. The molecule has 1 aliphatic rings. The van der Waals surface area contributed by atoms with Crippen molar-refractivity contribution in [2.24, 2.45) is 5.73 Å². The molecule has 5 heteroatoms. The van der Waals surface area contributed by atoms with Crippen molar-refractivity contribution in [1.29, 1.82) is 0 Å². The maximum Gasteiger partial charge on any atom is 0.234 e. The summed E-state index contributed by atoms with van der Waals surface area (Å²) in [6.07, 6.45) is 5.44. The van der Waals surface area contributed by atoms with Crippen LogP contribution in [-0.4, -0.2) is 12.5 Å². The van der Waals surface area contributed by atoms with Crippen LogP contribution in [0.25, 0.3) is 0 Å². The first-order valence-electron chi connectivity index (χ1n) is 6.43. The lowest BCUT2D eigenvalue weighted by atomic mass is 9.76. The number of nitrogens with one attached hydrogen (secondary N) is 1. The highest BCUT2D eigenvalue weighted by Gasteiger charge is 2.34. The van der Waals surface area contributed by atoms with Gasteiger partial charge < -0.3 is 11.1 Å². The summed E-state index contributed by atoms with van der Waals surface area (Å²) < 4.78 is 0. The minimum Gasteiger partial charge on any atom is -0.345 e. The first-order valence-corrected chi connectivity index (χ1v) is 6.81. The van der Waals surface area contributed by atoms with E-state index in [0.717, 1.165) is 36.3 Å². The van der Waals surface area contributed by atoms with Crippen molar-refractivity contribution in [1.82, 2.24) is 5.32 Å². The third-order valence-electron chi connectivity index (χ3n) is 3.67. The van der Waals surface area contributed by atoms with Crippen LogP contribution in [0, 0.1) is 0 Å². The zero-order valence-electron chi connectivity index (χ0n) is 10.8. The summed E-state index contributed by atoms with van der Waals surface area (Å²) in [5.41, 5.74) is 6.30. The summed E-state index contributed by atoms with van der Waals surface area (Å²) in [5.74, 6) is -0.0909. The molecule has 1 amide bonds. The summed E-state index contributed by atoms with van der Waals surface area (Å²) in [7, 11) is 0. The second-order valence-electron chi connectivity index (χ2n) is 4.90. The Hall–Kier alpha value is -0.770. The SMILES string of the molecule is Cl.NCC(=O)NC1(c2ccc(Cl)cc2)CCCCC1. The van der Waals surface area contributed by atoms with Crippen LogP contribution in [0.1, 0.15) is 37.7 Å². The Labute approximate surface area is 125 Å². The van der Waals surface area contributed by atoms with Gasteiger partial charge in [0.25, 0.3) is 0 Å². The maximum atomic E-state index is 11.7. The molecule has 106 valence electrons. The van der Waals surface area contributed by atoms with Crippen molar-refractivity contribution in [3.05, 3.63) is 34.9 Å². The Kier molecular flexibility index (Phi) is 6.11. The van der Waals surface area contributed by atoms with Gasteiger partial charge in [-0.05, 0) is 30.5 Å². The molecule has 3 N–H and O–H groups in total. The fraction of sp³-hybridized carbons (Fsp3) is 0.500. The molecule has 0 spiro atoms. The molecule has 3 nitrogen and oxygen atoms in total. The van der Waals surface area contributed by atoms with Crippen molar-refractivity contribution in [3.63, 3.8) is 0 Å². The summed E-state index contributed by atoms with van der Waals surface area (Å²) in [5, 5.41) is 3.83. The number of amides is 1. The molecule has 2 rings (SSSR count). The molecule has 1 saturated carbocycles. The number of nitrogens with two attached hydrogens (primary N) is 1. The summed E-state index contributed by atoms with van der Waals surface area (Å²) in [6, 6.07) is 7.76. The van der Waals surface area contributed by atoms with Crippen molar-refractivity contribution in [3.8, 4) is 0 Å². The molecule has 1 aliphatic carbocycles. The Balaban J connectivity index is 0.00000180. The number of hydrogen-bond donors (Lipinski definition) is 2. The van der Waals surface area contributed by atoms with Gasteiger partial charge in [0.1, 0.15) is 0 Å². The fourth-order valence-electron chi connectivity index (χ4n) is 2.73. The number of hydrogen-bond acceptors (Lipinski definition) is 2. The smallest absolute Gasteiger partial charge is 0.234 e. The molecule has 1 aromatic rings. The van der Waals surface area contributed by atoms with Gasteiger partial charge in [0.05, 0.1) is 12.1 Å². The Morgan fingerprint density at radius 3 is 2.32 bits per heavy atom. The Bertz CT molecular complexity index is 414. The number of carbonyl (C=O) groups excluding carboxylic acids is 1. The number of carbonyl (C=O) groups is 1. The maximum absolute atomic E-state index is 11.7. The van der Waals surface area contributed by atoms with E-state index >= 15 is 0 Å². The molecule has 0 aliphatic heterocycles. The number of benzene rings is 1. The van der Waals surface area contributed by atoms with E-state index in [0.29, 0.717) is 0 Å². The minimum absolute atomic E-state index is 0. The second kappa shape index (κ2) is 7.13. The van der Waals surface area contributed by atoms with E-state index in [9.17, 15) is 4.79 Å². The van der Waals surface area contributed by atoms with Crippen LogP contribution in [0.3, 0.4) is 0 Å². The molecule has 1 fully saturated rings. The van der Waals surface area contributed by atoms with Gasteiger partial charge in [0.2, 0.25) is 5.91 Å². The first-order chi connectivity index (χ1) is 8.66. The average molecular weight is 303 g/mol. The quantitative estimate of drug-likeness (QED) is 0.902. The van der Waals surface area contributed by atoms with Crippen molar-refractivity contribution in [2.45, 2.75) is 37.6 Å². The van der Waals surface area contributed by atoms with Crippen LogP contribution in [-0.2, 0) is 10.3 Å². The number of rotatable bonds is 3. The van der Waals surface area contributed by atoms with E-state index in [1.54, 1.807) is 0 Å². The van der Waals surface area contributed by atoms with Gasteiger partial charge in [-0.3, -0.25) is 4.79 Å². The Morgan fingerprint density at radius 1 is 1.21 bits per heavy atom. The molecule has 0 saturated heterocycles. The van der Waals surface area contributed by atoms with Gasteiger partial charge in [0.15, 0.2) is 0 Å². The lowest BCUT2D eigenvalue weighted by Crippen LogP contribution is -2.49. The molecule has 0 unspecified atom stereocenters. The minimum atomic E-state index is -0.251. The zero-order valence-corrected chi connectivity index (χ0v) is 12.4. The van der Waals surface area contributed by atoms with Crippen molar-refractivity contribution in [2.75, 3.05) is 6.54 Å². The lowest BCUT2D eigenvalue weighted by Gasteiger charge is -2.38. The topological polar surface area (TPSA) is 55.1 Å². The largest absolute Gasteiger partial charge is 0.345 e. The second-order valence-corrected chi connectivity index (χ2v) is 5.34. The van der Waals surface area contributed by atoms with Gasteiger partial charge in [-0.2, -0.15) is 0 Å².